The van der Waals surface area contributed by atoms with Crippen LogP contribution < -0.4 is 0 Å². The molecule has 4 heteroatoms. The first-order valence-electron chi connectivity index (χ1n) is 15.0. The predicted molar refractivity (Wildman–Crippen MR) is 162 cm³/mol. The number of carbonyl (C=O) groups is 2. The van der Waals surface area contributed by atoms with Gasteiger partial charge in [-0.1, -0.05) is 96.9 Å². The summed E-state index contributed by atoms with van der Waals surface area (Å²) in [4.78, 5) is 27.3. The van der Waals surface area contributed by atoms with Crippen molar-refractivity contribution in [1.29, 1.82) is 0 Å². The molecule has 0 rings (SSSR count). The monoisotopic (exact) mass is 538 g/mol. The Labute approximate surface area is 237 Å². The van der Waals surface area contributed by atoms with Crippen LogP contribution in [0.2, 0.25) is 0 Å². The quantitative estimate of drug-likeness (QED) is 0.219. The molecule has 2 unspecified atom stereocenters. The van der Waals surface area contributed by atoms with E-state index in [9.17, 15) is 9.59 Å². The van der Waals surface area contributed by atoms with Crippen molar-refractivity contribution in [3.8, 4) is 0 Å². The molecule has 0 radical (unpaired) electrons. The minimum Gasteiger partial charge on any atom is -0.463 e. The molecule has 0 aromatic rings. The van der Waals surface area contributed by atoms with E-state index in [0.717, 1.165) is 19.3 Å². The van der Waals surface area contributed by atoms with Crippen LogP contribution in [0.3, 0.4) is 0 Å². The van der Waals surface area contributed by atoms with Crippen molar-refractivity contribution in [3.63, 3.8) is 0 Å². The van der Waals surface area contributed by atoms with Crippen LogP contribution in [0.1, 0.15) is 150 Å². The molecule has 4 nitrogen and oxygen atoms in total. The number of hydrogen-bond donors (Lipinski definition) is 0. The summed E-state index contributed by atoms with van der Waals surface area (Å²) in [5.74, 6) is 0.329. The van der Waals surface area contributed by atoms with Gasteiger partial charge in [0.15, 0.2) is 0 Å². The smallest absolute Gasteiger partial charge is 0.312 e. The molecule has 0 aromatic carbocycles. The van der Waals surface area contributed by atoms with E-state index in [1.807, 2.05) is 13.8 Å². The zero-order valence-corrected chi connectivity index (χ0v) is 28.8. The van der Waals surface area contributed by atoms with Crippen molar-refractivity contribution < 1.29 is 19.1 Å². The van der Waals surface area contributed by atoms with E-state index in [4.69, 9.17) is 9.47 Å². The second-order valence-electron chi connectivity index (χ2n) is 17.2. The molecule has 0 saturated carbocycles. The third-order valence-corrected chi connectivity index (χ3v) is 9.09. The highest BCUT2D eigenvalue weighted by atomic mass is 16.5. The lowest BCUT2D eigenvalue weighted by molar-refractivity contribution is -0.176. The summed E-state index contributed by atoms with van der Waals surface area (Å²) in [6, 6.07) is 0. The van der Waals surface area contributed by atoms with E-state index in [1.54, 1.807) is 0 Å². The molecule has 0 aliphatic heterocycles. The van der Waals surface area contributed by atoms with E-state index < -0.39 is 10.8 Å². The Morgan fingerprint density at radius 1 is 0.579 bits per heavy atom. The molecular formula is C34H66O4. The second-order valence-corrected chi connectivity index (χ2v) is 17.2. The van der Waals surface area contributed by atoms with E-state index in [0.29, 0.717) is 6.42 Å². The van der Waals surface area contributed by atoms with Crippen LogP contribution in [-0.2, 0) is 19.1 Å². The van der Waals surface area contributed by atoms with Gasteiger partial charge in [-0.15, -0.1) is 0 Å². The Morgan fingerprint density at radius 3 is 1.34 bits per heavy atom. The van der Waals surface area contributed by atoms with Crippen LogP contribution in [0.25, 0.3) is 0 Å². The summed E-state index contributed by atoms with van der Waals surface area (Å²) in [6.07, 6.45) is 2.97. The summed E-state index contributed by atoms with van der Waals surface area (Å²) in [5.41, 5.74) is -1.98. The first-order chi connectivity index (χ1) is 16.6. The first kappa shape index (κ1) is 36.9. The Balaban J connectivity index is 6.11. The fraction of sp³-hybridized carbons (Fsp3) is 0.941. The van der Waals surface area contributed by atoms with Gasteiger partial charge in [0.25, 0.3) is 0 Å². The summed E-state index contributed by atoms with van der Waals surface area (Å²) in [5, 5.41) is 0. The molecule has 0 amide bonds. The van der Waals surface area contributed by atoms with E-state index in [-0.39, 0.29) is 57.6 Å². The molecule has 0 heterocycles. The molecule has 0 saturated heterocycles. The van der Waals surface area contributed by atoms with Gasteiger partial charge < -0.3 is 9.47 Å². The highest BCUT2D eigenvalue weighted by Gasteiger charge is 2.52. The molecule has 0 aromatic heterocycles. The number of carbonyl (C=O) groups excluding carboxylic acids is 2. The van der Waals surface area contributed by atoms with Gasteiger partial charge in [-0.2, -0.15) is 0 Å². The van der Waals surface area contributed by atoms with Crippen LogP contribution >= 0.6 is 0 Å². The van der Waals surface area contributed by atoms with Gasteiger partial charge in [-0.25, -0.2) is 0 Å². The Hall–Kier alpha value is -1.06. The summed E-state index contributed by atoms with van der Waals surface area (Å²) < 4.78 is 12.0. The minimum absolute atomic E-state index is 0.0184. The maximum absolute atomic E-state index is 13.8. The summed E-state index contributed by atoms with van der Waals surface area (Å²) in [6.45, 7) is 38.5. The predicted octanol–water partition coefficient (Wildman–Crippen LogP) is 9.88. The van der Waals surface area contributed by atoms with Crippen LogP contribution in [0.4, 0.5) is 0 Å². The number of esters is 2. The molecule has 0 fully saturated rings. The van der Waals surface area contributed by atoms with Gasteiger partial charge >= 0.3 is 11.9 Å². The van der Waals surface area contributed by atoms with Gasteiger partial charge in [0.2, 0.25) is 0 Å². The van der Waals surface area contributed by atoms with Crippen molar-refractivity contribution >= 4 is 11.9 Å². The normalized spacial score (nSPS) is 17.1. The topological polar surface area (TPSA) is 52.6 Å². The van der Waals surface area contributed by atoms with Crippen LogP contribution in [0.5, 0.6) is 0 Å². The van der Waals surface area contributed by atoms with Gasteiger partial charge in [0, 0.05) is 0 Å². The second kappa shape index (κ2) is 12.6. The minimum atomic E-state index is -0.645. The molecule has 0 aliphatic carbocycles. The number of rotatable bonds is 13. The van der Waals surface area contributed by atoms with Gasteiger partial charge in [0.1, 0.15) is 6.10 Å². The Bertz CT molecular complexity index is 767. The maximum atomic E-state index is 13.8. The van der Waals surface area contributed by atoms with Crippen LogP contribution in [-0.4, -0.2) is 24.1 Å². The van der Waals surface area contributed by atoms with Crippen molar-refractivity contribution in [2.45, 2.75) is 163 Å². The van der Waals surface area contributed by atoms with Gasteiger partial charge in [-0.3, -0.25) is 9.59 Å². The summed E-state index contributed by atoms with van der Waals surface area (Å²) in [7, 11) is 0. The zero-order chi connectivity index (χ0) is 30.7. The van der Waals surface area contributed by atoms with E-state index >= 15 is 0 Å². The van der Waals surface area contributed by atoms with Gasteiger partial charge in [0.05, 0.1) is 16.9 Å². The van der Waals surface area contributed by atoms with E-state index in [2.05, 4.69) is 111 Å². The molecule has 0 N–H and O–H groups in total. The average Bonchev–Trinajstić information content (AvgIpc) is 2.66. The molecule has 226 valence electrons. The van der Waals surface area contributed by atoms with Crippen LogP contribution in [0, 0.1) is 44.3 Å². The van der Waals surface area contributed by atoms with Crippen molar-refractivity contribution in [2.75, 3.05) is 0 Å². The third-order valence-electron chi connectivity index (χ3n) is 9.09. The fourth-order valence-corrected chi connectivity index (χ4v) is 5.90. The number of ether oxygens (including phenoxy) is 2. The first-order valence-corrected chi connectivity index (χ1v) is 15.0. The standard InChI is InChI=1S/C34H66O4/c1-23(2)26(24(3)4)38-27(35)33(17,30(10,11)12)22-31(13,14)19-20-32(15,16)34(18,21-29(7,8)9)28(36)37-25(5)6/h23-26H,19-22H2,1-18H3. The van der Waals surface area contributed by atoms with Crippen molar-refractivity contribution in [2.24, 2.45) is 44.3 Å². The zero-order valence-electron chi connectivity index (χ0n) is 28.8. The summed E-state index contributed by atoms with van der Waals surface area (Å²) >= 11 is 0. The molecule has 0 spiro atoms. The van der Waals surface area contributed by atoms with Gasteiger partial charge in [-0.05, 0) is 86.9 Å². The van der Waals surface area contributed by atoms with Crippen molar-refractivity contribution in [3.05, 3.63) is 0 Å². The fourth-order valence-electron chi connectivity index (χ4n) is 5.90. The highest BCUT2D eigenvalue weighted by molar-refractivity contribution is 5.78. The highest BCUT2D eigenvalue weighted by Crippen LogP contribution is 2.54. The SMILES string of the molecule is CC(C)OC(=O)C(C)(CC(C)(C)C)C(C)(C)CCC(C)(C)CC(C)(C(=O)OC(C(C)C)C(C)C)C(C)(C)C. The van der Waals surface area contributed by atoms with E-state index in [1.165, 1.54) is 0 Å². The lowest BCUT2D eigenvalue weighted by Gasteiger charge is -2.48. The third kappa shape index (κ3) is 9.84. The molecule has 38 heavy (non-hydrogen) atoms. The van der Waals surface area contributed by atoms with Crippen LogP contribution in [0.15, 0.2) is 0 Å². The number of hydrogen-bond acceptors (Lipinski definition) is 4. The molecule has 0 aliphatic rings. The lowest BCUT2D eigenvalue weighted by Crippen LogP contribution is -2.48. The molecular weight excluding hydrogens is 472 g/mol. The molecule has 2 atom stereocenters. The largest absolute Gasteiger partial charge is 0.463 e. The maximum Gasteiger partial charge on any atom is 0.312 e. The lowest BCUT2D eigenvalue weighted by atomic mass is 9.56. The van der Waals surface area contributed by atoms with Crippen molar-refractivity contribution in [1.82, 2.24) is 0 Å². The Kier molecular flexibility index (Phi) is 12.3. The Morgan fingerprint density at radius 2 is 1.00 bits per heavy atom. The molecule has 0 bridgehead atoms. The average molecular weight is 539 g/mol.